The van der Waals surface area contributed by atoms with Gasteiger partial charge in [-0.1, -0.05) is 41.5 Å². The van der Waals surface area contributed by atoms with E-state index in [1.807, 2.05) is 46.0 Å². The molecule has 3 rings (SSSR count). The van der Waals surface area contributed by atoms with E-state index in [1.165, 1.54) is 4.90 Å². The number of rotatable bonds is 5. The highest BCUT2D eigenvalue weighted by Crippen LogP contribution is 2.34. The summed E-state index contributed by atoms with van der Waals surface area (Å²) in [7, 11) is 0. The quantitative estimate of drug-likeness (QED) is 0.478. The summed E-state index contributed by atoms with van der Waals surface area (Å²) in [5.74, 6) is -1.45. The number of carbonyl (C=O) groups is 3. The van der Waals surface area contributed by atoms with E-state index >= 15 is 0 Å². The van der Waals surface area contributed by atoms with Crippen LogP contribution in [0.15, 0.2) is 22.9 Å². The lowest BCUT2D eigenvalue weighted by Gasteiger charge is -2.22. The molecule has 2 aromatic heterocycles. The van der Waals surface area contributed by atoms with Gasteiger partial charge in [-0.25, -0.2) is 4.52 Å². The number of aromatic nitrogens is 2. The third kappa shape index (κ3) is 10.2. The number of fused-ring (bicyclic) bond motifs is 1. The van der Waals surface area contributed by atoms with Gasteiger partial charge < -0.3 is 15.5 Å². The Morgan fingerprint density at radius 3 is 2.38 bits per heavy atom. The van der Waals surface area contributed by atoms with Gasteiger partial charge in [-0.2, -0.15) is 23.5 Å². The fraction of sp³-hybridized carbons (Fsp3) is 0.577. The minimum absolute atomic E-state index is 0.0519. The molecule has 1 aliphatic heterocycles. The molecule has 1 saturated heterocycles. The summed E-state index contributed by atoms with van der Waals surface area (Å²) in [6, 6.07) is 3.27. The van der Waals surface area contributed by atoms with Crippen molar-refractivity contribution in [2.45, 2.75) is 60.7 Å². The lowest BCUT2D eigenvalue weighted by molar-refractivity contribution is -0.174. The minimum atomic E-state index is -4.95. The van der Waals surface area contributed by atoms with Crippen molar-refractivity contribution in [3.63, 3.8) is 0 Å². The van der Waals surface area contributed by atoms with Gasteiger partial charge >= 0.3 is 12.1 Å². The molecule has 2 N–H and O–H groups in total. The number of nitrogens with zero attached hydrogens (tertiary/aromatic N) is 4. The lowest BCUT2D eigenvalue weighted by Crippen LogP contribution is -2.44. The second-order valence-corrected chi connectivity index (χ2v) is 11.5. The number of likely N-dealkylation sites (tertiary alicyclic amines) is 1. The number of pyridine rings is 1. The van der Waals surface area contributed by atoms with Gasteiger partial charge in [0.05, 0.1) is 24.3 Å². The van der Waals surface area contributed by atoms with Crippen LogP contribution in [0.1, 0.15) is 58.7 Å². The summed E-state index contributed by atoms with van der Waals surface area (Å²) in [5, 5.41) is 17.2. The molecule has 0 saturated carbocycles. The average molecular weight is 618 g/mol. The predicted molar refractivity (Wildman–Crippen MR) is 144 cm³/mol. The highest BCUT2D eigenvalue weighted by atomic mass is 79.9. The molecule has 0 spiro atoms. The Bertz CT molecular complexity index is 1190. The summed E-state index contributed by atoms with van der Waals surface area (Å²) in [5.41, 5.74) is 2.46. The minimum Gasteiger partial charge on any atom is -0.340 e. The smallest absolute Gasteiger partial charge is 0.340 e. The van der Waals surface area contributed by atoms with Crippen LogP contribution in [0.5, 0.6) is 0 Å². The monoisotopic (exact) mass is 616 g/mol. The van der Waals surface area contributed by atoms with Crippen LogP contribution in [0.2, 0.25) is 0 Å². The average Bonchev–Trinajstić information content (AvgIpc) is 3.35. The first-order valence-electron chi connectivity index (χ1n) is 12.3. The molecule has 9 nitrogen and oxygen atoms in total. The molecule has 3 heterocycles. The first kappa shape index (κ1) is 33.9. The maximum Gasteiger partial charge on any atom is 0.471 e. The molecule has 1 fully saturated rings. The molecule has 0 aromatic carbocycles. The first-order valence-corrected chi connectivity index (χ1v) is 13.1. The molecule has 216 valence electrons. The maximum absolute atomic E-state index is 11.9. The van der Waals surface area contributed by atoms with E-state index in [4.69, 9.17) is 5.26 Å². The Kier molecular flexibility index (Phi) is 12.4. The van der Waals surface area contributed by atoms with Gasteiger partial charge in [0.25, 0.3) is 0 Å². The Balaban J connectivity index is 0.000000343. The number of halogens is 4. The molecule has 2 atom stereocenters. The van der Waals surface area contributed by atoms with Crippen LogP contribution in [0.25, 0.3) is 5.52 Å². The van der Waals surface area contributed by atoms with Gasteiger partial charge in [0, 0.05) is 29.3 Å². The van der Waals surface area contributed by atoms with Crippen molar-refractivity contribution in [3.05, 3.63) is 34.1 Å². The Morgan fingerprint density at radius 2 is 1.92 bits per heavy atom. The molecule has 13 heteroatoms. The van der Waals surface area contributed by atoms with Gasteiger partial charge in [-0.15, -0.1) is 0 Å². The molecule has 39 heavy (non-hydrogen) atoms. The zero-order valence-electron chi connectivity index (χ0n) is 23.2. The third-order valence-corrected chi connectivity index (χ3v) is 6.45. The Morgan fingerprint density at radius 1 is 1.33 bits per heavy atom. The second kappa shape index (κ2) is 14.3. The number of nitrogens with one attached hydrogen (secondary N) is 2. The highest BCUT2D eigenvalue weighted by Gasteiger charge is 2.41. The van der Waals surface area contributed by atoms with E-state index in [0.29, 0.717) is 25.1 Å². The second-order valence-electron chi connectivity index (χ2n) is 10.7. The molecule has 2 aromatic rings. The molecule has 0 bridgehead atoms. The van der Waals surface area contributed by atoms with E-state index in [9.17, 15) is 27.6 Å². The fourth-order valence-corrected chi connectivity index (χ4v) is 4.31. The normalized spacial score (nSPS) is 16.8. The van der Waals surface area contributed by atoms with Crippen molar-refractivity contribution >= 4 is 39.7 Å². The topological polar surface area (TPSA) is 120 Å². The van der Waals surface area contributed by atoms with Crippen LogP contribution in [0.3, 0.4) is 0 Å². The van der Waals surface area contributed by atoms with Gasteiger partial charge in [-0.3, -0.25) is 14.4 Å². The van der Waals surface area contributed by atoms with E-state index < -0.39 is 30.6 Å². The molecule has 1 unspecified atom stereocenters. The molecule has 1 aliphatic rings. The van der Waals surface area contributed by atoms with Gasteiger partial charge in [-0.05, 0) is 51.7 Å². The van der Waals surface area contributed by atoms with Crippen LogP contribution in [0.4, 0.5) is 13.2 Å². The number of nitriles is 1. The first-order chi connectivity index (χ1) is 17.9. The van der Waals surface area contributed by atoms with Crippen molar-refractivity contribution in [1.29, 1.82) is 5.26 Å². The van der Waals surface area contributed by atoms with Crippen molar-refractivity contribution in [1.82, 2.24) is 25.1 Å². The standard InChI is InChI=1S/C11H9BrN4O.C11H17F3N2O2.C4H10/c1-7-2-9(12)11-8(4-15-16(11)5-7)10(3-13)14-6-17;1-7-5-16(6-10(7,2)3)8(17)4-15-9(18)11(12,13)14;1-4(2)3/h2,4-6,10H,1H3,(H,14,17);7H,4-6H2,1-3H3,(H,15,18);4H,1-3H3/t;7-;/m.0./s1. The zero-order chi connectivity index (χ0) is 30.1. The largest absolute Gasteiger partial charge is 0.471 e. The van der Waals surface area contributed by atoms with E-state index in [2.05, 4.69) is 47.1 Å². The summed E-state index contributed by atoms with van der Waals surface area (Å²) in [4.78, 5) is 34.2. The van der Waals surface area contributed by atoms with Crippen molar-refractivity contribution in [3.8, 4) is 6.07 Å². The van der Waals surface area contributed by atoms with Gasteiger partial charge in [0.1, 0.15) is 6.04 Å². The molecule has 0 radical (unpaired) electrons. The molecule has 0 aliphatic carbocycles. The number of carbonyl (C=O) groups excluding carboxylic acids is 3. The molecular formula is C26H36BrF3N6O3. The summed E-state index contributed by atoms with van der Waals surface area (Å²) in [6.45, 7) is 14.8. The van der Waals surface area contributed by atoms with Crippen molar-refractivity contribution < 1.29 is 27.6 Å². The molecular weight excluding hydrogens is 581 g/mol. The predicted octanol–water partition coefficient (Wildman–Crippen LogP) is 4.55. The van der Waals surface area contributed by atoms with Crippen LogP contribution in [-0.4, -0.2) is 58.5 Å². The van der Waals surface area contributed by atoms with Gasteiger partial charge in [0.15, 0.2) is 0 Å². The summed E-state index contributed by atoms with van der Waals surface area (Å²) in [6.07, 6.45) is -0.986. The summed E-state index contributed by atoms with van der Waals surface area (Å²) >= 11 is 3.44. The number of aryl methyl sites for hydroxylation is 1. The van der Waals surface area contributed by atoms with E-state index in [0.717, 1.165) is 21.5 Å². The van der Waals surface area contributed by atoms with Crippen LogP contribution in [-0.2, 0) is 14.4 Å². The van der Waals surface area contributed by atoms with E-state index in [-0.39, 0.29) is 11.3 Å². The maximum atomic E-state index is 11.9. The van der Waals surface area contributed by atoms with Crippen LogP contribution in [0, 0.1) is 35.5 Å². The van der Waals surface area contributed by atoms with Crippen LogP contribution >= 0.6 is 15.9 Å². The number of hydrogen-bond acceptors (Lipinski definition) is 5. The zero-order valence-corrected chi connectivity index (χ0v) is 24.8. The number of hydrogen-bond donors (Lipinski definition) is 2. The Hall–Kier alpha value is -3.14. The van der Waals surface area contributed by atoms with Crippen LogP contribution < -0.4 is 10.6 Å². The van der Waals surface area contributed by atoms with Crippen molar-refractivity contribution in [2.75, 3.05) is 19.6 Å². The lowest BCUT2D eigenvalue weighted by atomic mass is 9.84. The number of alkyl halides is 3. The third-order valence-electron chi connectivity index (χ3n) is 5.84. The van der Waals surface area contributed by atoms with Crippen molar-refractivity contribution in [2.24, 2.45) is 17.3 Å². The number of amides is 3. The fourth-order valence-electron chi connectivity index (χ4n) is 3.54. The molecule has 3 amide bonds. The van der Waals surface area contributed by atoms with E-state index in [1.54, 1.807) is 16.0 Å². The Labute approximate surface area is 235 Å². The van der Waals surface area contributed by atoms with Gasteiger partial charge in [0.2, 0.25) is 12.3 Å². The summed E-state index contributed by atoms with van der Waals surface area (Å²) < 4.78 is 38.3. The SMILES string of the molecule is CC(C)C.C[C@H]1CN(C(=O)CNC(=O)C(F)(F)F)CC1(C)C.Cc1cc(Br)c2c(C(C#N)NC=O)cnn2c1. The highest BCUT2D eigenvalue weighted by molar-refractivity contribution is 9.10.